The van der Waals surface area contributed by atoms with Crippen LogP contribution in [-0.4, -0.2) is 0 Å². The zero-order valence-corrected chi connectivity index (χ0v) is 13.3. The fraction of sp³-hybridized carbons (Fsp3) is 1.00. The van der Waals surface area contributed by atoms with Gasteiger partial charge in [0.25, 0.3) is 0 Å². The van der Waals surface area contributed by atoms with Crippen molar-refractivity contribution in [2.45, 2.75) is 97.3 Å². The Morgan fingerprint density at radius 2 is 0.562 bits per heavy atom. The van der Waals surface area contributed by atoms with Gasteiger partial charge >= 0.3 is 0 Å². The van der Waals surface area contributed by atoms with Crippen LogP contribution in [0.4, 0.5) is 0 Å². The summed E-state index contributed by atoms with van der Waals surface area (Å²) in [5.74, 6) is 0. The van der Waals surface area contributed by atoms with Gasteiger partial charge in [0.2, 0.25) is 0 Å². The van der Waals surface area contributed by atoms with E-state index in [-0.39, 0.29) is 19.5 Å². The van der Waals surface area contributed by atoms with E-state index in [1.807, 2.05) is 0 Å². The minimum Gasteiger partial charge on any atom is -0.0654 e. The zero-order valence-electron chi connectivity index (χ0n) is 11.5. The van der Waals surface area contributed by atoms with Crippen molar-refractivity contribution in [2.24, 2.45) is 0 Å². The van der Waals surface area contributed by atoms with Gasteiger partial charge in [-0.3, -0.25) is 0 Å². The van der Waals surface area contributed by atoms with Gasteiger partial charge < -0.3 is 0 Å². The average Bonchev–Trinajstić information content (AvgIpc) is 2.26. The van der Waals surface area contributed by atoms with Crippen molar-refractivity contribution in [1.82, 2.24) is 0 Å². The molecule has 0 aromatic carbocycles. The Morgan fingerprint density at radius 1 is 0.375 bits per heavy atom. The van der Waals surface area contributed by atoms with Crippen LogP contribution in [0.2, 0.25) is 0 Å². The van der Waals surface area contributed by atoms with Crippen LogP contribution in [-0.2, 0) is 19.5 Å². The minimum atomic E-state index is 0. The molecule has 0 aliphatic carbocycles. The minimum absolute atomic E-state index is 0. The second kappa shape index (κ2) is 18.0. The normalized spacial score (nSPS) is 10.1. The maximum absolute atomic E-state index is 2.29. The molecule has 0 amide bonds. The van der Waals surface area contributed by atoms with E-state index in [0.29, 0.717) is 0 Å². The number of hydrogen-bond acceptors (Lipinski definition) is 0. The van der Waals surface area contributed by atoms with Crippen molar-refractivity contribution in [2.75, 3.05) is 0 Å². The molecule has 0 heterocycles. The van der Waals surface area contributed by atoms with Gasteiger partial charge in [0.1, 0.15) is 0 Å². The van der Waals surface area contributed by atoms with Crippen molar-refractivity contribution in [1.29, 1.82) is 0 Å². The third-order valence-corrected chi connectivity index (χ3v) is 3.21. The molecular weight excluding hydrogens is 281 g/mol. The van der Waals surface area contributed by atoms with Gasteiger partial charge in [-0.15, -0.1) is 0 Å². The summed E-state index contributed by atoms with van der Waals surface area (Å²) in [7, 11) is 0. The summed E-state index contributed by atoms with van der Waals surface area (Å²) < 4.78 is 0. The Bertz CT molecular complexity index is 89.6. The van der Waals surface area contributed by atoms with Crippen LogP contribution in [0.5, 0.6) is 0 Å². The monoisotopic (exact) mass is 314 g/mol. The summed E-state index contributed by atoms with van der Waals surface area (Å²) in [6, 6.07) is 0. The Labute approximate surface area is 117 Å². The first kappa shape index (κ1) is 19.0. The van der Waals surface area contributed by atoms with Crippen LogP contribution in [0.15, 0.2) is 0 Å². The molecule has 0 spiro atoms. The molecule has 0 saturated carbocycles. The summed E-state index contributed by atoms with van der Waals surface area (Å²) in [6.07, 6.45) is 18.9. The molecule has 0 N–H and O–H groups in total. The van der Waals surface area contributed by atoms with Gasteiger partial charge in [0.15, 0.2) is 0 Å². The molecule has 1 heteroatoms. The van der Waals surface area contributed by atoms with Gasteiger partial charge in [-0.2, -0.15) is 0 Å². The second-order valence-electron chi connectivity index (χ2n) is 4.89. The SMILES string of the molecule is CCCCCCCCCCCCCCC.[Ru]. The maximum atomic E-state index is 2.29. The number of unbranched alkanes of at least 4 members (excludes halogenated alkanes) is 12. The Hall–Kier alpha value is 0.623. The largest absolute Gasteiger partial charge is 0.0654 e. The van der Waals surface area contributed by atoms with Gasteiger partial charge in [-0.1, -0.05) is 97.3 Å². The van der Waals surface area contributed by atoms with Crippen molar-refractivity contribution in [3.05, 3.63) is 0 Å². The summed E-state index contributed by atoms with van der Waals surface area (Å²) in [4.78, 5) is 0. The quantitative estimate of drug-likeness (QED) is 0.302. The zero-order chi connectivity index (χ0) is 11.2. The van der Waals surface area contributed by atoms with Gasteiger partial charge in [-0.05, 0) is 0 Å². The molecule has 0 aliphatic heterocycles. The van der Waals surface area contributed by atoms with E-state index in [1.165, 1.54) is 83.5 Å². The van der Waals surface area contributed by atoms with E-state index in [0.717, 1.165) is 0 Å². The summed E-state index contributed by atoms with van der Waals surface area (Å²) in [6.45, 7) is 4.58. The molecule has 0 saturated heterocycles. The summed E-state index contributed by atoms with van der Waals surface area (Å²) >= 11 is 0. The van der Waals surface area contributed by atoms with Crippen LogP contribution in [0.25, 0.3) is 0 Å². The molecule has 100 valence electrons. The second-order valence-corrected chi connectivity index (χ2v) is 4.89. The third kappa shape index (κ3) is 17.0. The van der Waals surface area contributed by atoms with Crippen LogP contribution in [0.3, 0.4) is 0 Å². The van der Waals surface area contributed by atoms with E-state index >= 15 is 0 Å². The van der Waals surface area contributed by atoms with Gasteiger partial charge in [0.05, 0.1) is 0 Å². The first-order valence-corrected chi connectivity index (χ1v) is 7.41. The Kier molecular flexibility index (Phi) is 21.3. The molecule has 0 aromatic heterocycles. The van der Waals surface area contributed by atoms with E-state index in [1.54, 1.807) is 0 Å². The summed E-state index contributed by atoms with van der Waals surface area (Å²) in [5, 5.41) is 0. The average molecular weight is 313 g/mol. The molecule has 0 aromatic rings. The molecule has 0 fully saturated rings. The van der Waals surface area contributed by atoms with E-state index in [4.69, 9.17) is 0 Å². The van der Waals surface area contributed by atoms with Crippen LogP contribution >= 0.6 is 0 Å². The number of rotatable bonds is 12. The standard InChI is InChI=1S/C15H32.Ru/c1-3-5-7-9-11-13-15-14-12-10-8-6-4-2;/h3-15H2,1-2H3;. The summed E-state index contributed by atoms with van der Waals surface area (Å²) in [5.41, 5.74) is 0. The van der Waals surface area contributed by atoms with Crippen molar-refractivity contribution >= 4 is 0 Å². The molecular formula is C15H32Ru. The molecule has 0 rings (SSSR count). The van der Waals surface area contributed by atoms with Crippen molar-refractivity contribution < 1.29 is 19.5 Å². The first-order chi connectivity index (χ1) is 7.41. The molecule has 16 heavy (non-hydrogen) atoms. The Balaban J connectivity index is 0. The molecule has 0 atom stereocenters. The van der Waals surface area contributed by atoms with E-state index in [2.05, 4.69) is 13.8 Å². The van der Waals surface area contributed by atoms with Gasteiger partial charge in [-0.25, -0.2) is 0 Å². The fourth-order valence-electron chi connectivity index (χ4n) is 2.09. The van der Waals surface area contributed by atoms with Crippen LogP contribution in [0, 0.1) is 0 Å². The molecule has 0 nitrogen and oxygen atoms in total. The fourth-order valence-corrected chi connectivity index (χ4v) is 2.09. The van der Waals surface area contributed by atoms with E-state index in [9.17, 15) is 0 Å². The Morgan fingerprint density at radius 3 is 0.750 bits per heavy atom. The van der Waals surface area contributed by atoms with E-state index < -0.39 is 0 Å². The molecule has 0 bridgehead atoms. The molecule has 0 radical (unpaired) electrons. The van der Waals surface area contributed by atoms with Crippen molar-refractivity contribution in [3.8, 4) is 0 Å². The molecule has 0 aliphatic rings. The van der Waals surface area contributed by atoms with Crippen molar-refractivity contribution in [3.63, 3.8) is 0 Å². The maximum Gasteiger partial charge on any atom is 0 e. The van der Waals surface area contributed by atoms with Crippen LogP contribution < -0.4 is 0 Å². The van der Waals surface area contributed by atoms with Crippen LogP contribution in [0.1, 0.15) is 97.3 Å². The number of hydrogen-bond donors (Lipinski definition) is 0. The predicted molar refractivity (Wildman–Crippen MR) is 71.4 cm³/mol. The smallest absolute Gasteiger partial charge is 0 e. The topological polar surface area (TPSA) is 0 Å². The predicted octanol–water partition coefficient (Wildman–Crippen LogP) is 6.10. The third-order valence-electron chi connectivity index (χ3n) is 3.21. The van der Waals surface area contributed by atoms with Gasteiger partial charge in [0, 0.05) is 19.5 Å². The first-order valence-electron chi connectivity index (χ1n) is 7.41. The molecule has 0 unspecified atom stereocenters.